The lowest BCUT2D eigenvalue weighted by Gasteiger charge is -2.23. The Kier molecular flexibility index (Phi) is 5.86. The Morgan fingerprint density at radius 1 is 1.44 bits per heavy atom. The van der Waals surface area contributed by atoms with Crippen molar-refractivity contribution in [1.29, 1.82) is 0 Å². The Morgan fingerprint density at radius 3 is 2.67 bits per heavy atom. The fourth-order valence-electron chi connectivity index (χ4n) is 2.66. The summed E-state index contributed by atoms with van der Waals surface area (Å²) in [6.07, 6.45) is 4.91. The molecule has 104 valence electrons. The maximum atomic E-state index is 11.7. The molecular weight excluding hydrogens is 226 g/mol. The third-order valence-corrected chi connectivity index (χ3v) is 3.80. The van der Waals surface area contributed by atoms with Crippen LogP contribution in [0.5, 0.6) is 0 Å². The zero-order valence-corrected chi connectivity index (χ0v) is 11.9. The summed E-state index contributed by atoms with van der Waals surface area (Å²) in [4.78, 5) is 11.7. The van der Waals surface area contributed by atoms with Crippen molar-refractivity contribution in [3.8, 4) is 0 Å². The van der Waals surface area contributed by atoms with E-state index in [9.17, 15) is 9.90 Å². The average molecular weight is 253 g/mol. The van der Waals surface area contributed by atoms with Crippen LogP contribution in [0.3, 0.4) is 0 Å². The van der Waals surface area contributed by atoms with E-state index in [2.05, 4.69) is 25.7 Å². The van der Waals surface area contributed by atoms with Crippen LogP contribution in [-0.2, 0) is 4.79 Å². The molecule has 0 aromatic heterocycles. The molecule has 0 bridgehead atoms. The van der Waals surface area contributed by atoms with Gasteiger partial charge in [-0.25, -0.2) is 0 Å². The highest BCUT2D eigenvalue weighted by Gasteiger charge is 2.35. The standard InChI is InChI=1S/C15H27NO2/c1-10(2)6-5-7-12-8-9-13(17)14(12)16-15(18)11(3)4/h10,12-14,17H,3,5-9H2,1-2,4H3,(H,16,18). The molecule has 0 saturated heterocycles. The van der Waals surface area contributed by atoms with Gasteiger partial charge in [-0.1, -0.05) is 33.3 Å². The Morgan fingerprint density at radius 2 is 2.11 bits per heavy atom. The monoisotopic (exact) mass is 253 g/mol. The third-order valence-electron chi connectivity index (χ3n) is 3.80. The number of hydrogen-bond acceptors (Lipinski definition) is 2. The molecule has 0 radical (unpaired) electrons. The second-order valence-corrected chi connectivity index (χ2v) is 6.01. The lowest BCUT2D eigenvalue weighted by molar-refractivity contribution is -0.119. The molecule has 3 atom stereocenters. The number of amides is 1. The fourth-order valence-corrected chi connectivity index (χ4v) is 2.66. The second kappa shape index (κ2) is 6.93. The van der Waals surface area contributed by atoms with Gasteiger partial charge < -0.3 is 10.4 Å². The molecule has 0 heterocycles. The Balaban J connectivity index is 2.46. The molecule has 3 heteroatoms. The Bertz CT molecular complexity index is 299. The summed E-state index contributed by atoms with van der Waals surface area (Å²) >= 11 is 0. The van der Waals surface area contributed by atoms with E-state index in [1.54, 1.807) is 6.92 Å². The zero-order valence-electron chi connectivity index (χ0n) is 11.9. The second-order valence-electron chi connectivity index (χ2n) is 6.01. The number of carbonyl (C=O) groups excluding carboxylic acids is 1. The average Bonchev–Trinajstić information content (AvgIpc) is 2.60. The van der Waals surface area contributed by atoms with Gasteiger partial charge in [-0.05, 0) is 38.0 Å². The van der Waals surface area contributed by atoms with Gasteiger partial charge in [0.25, 0.3) is 0 Å². The van der Waals surface area contributed by atoms with E-state index in [1.807, 2.05) is 0 Å². The lowest BCUT2D eigenvalue weighted by atomic mass is 9.93. The number of aliphatic hydroxyl groups is 1. The van der Waals surface area contributed by atoms with E-state index in [0.717, 1.165) is 25.2 Å². The highest BCUT2D eigenvalue weighted by atomic mass is 16.3. The Labute approximate surface area is 111 Å². The Hall–Kier alpha value is -0.830. The highest BCUT2D eigenvalue weighted by molar-refractivity contribution is 5.92. The molecule has 0 aliphatic heterocycles. The minimum atomic E-state index is -0.391. The van der Waals surface area contributed by atoms with Gasteiger partial charge >= 0.3 is 0 Å². The highest BCUT2D eigenvalue weighted by Crippen LogP contribution is 2.31. The quantitative estimate of drug-likeness (QED) is 0.715. The molecule has 18 heavy (non-hydrogen) atoms. The number of nitrogens with one attached hydrogen (secondary N) is 1. The van der Waals surface area contributed by atoms with E-state index in [1.165, 1.54) is 12.8 Å². The van der Waals surface area contributed by atoms with Crippen LogP contribution in [0.1, 0.15) is 52.9 Å². The zero-order chi connectivity index (χ0) is 13.7. The van der Waals surface area contributed by atoms with Crippen molar-refractivity contribution < 1.29 is 9.90 Å². The largest absolute Gasteiger partial charge is 0.391 e. The number of aliphatic hydroxyl groups excluding tert-OH is 1. The normalized spacial score (nSPS) is 27.5. The van der Waals surface area contributed by atoms with Crippen LogP contribution in [-0.4, -0.2) is 23.2 Å². The van der Waals surface area contributed by atoms with Gasteiger partial charge in [0.05, 0.1) is 12.1 Å². The topological polar surface area (TPSA) is 49.3 Å². The van der Waals surface area contributed by atoms with Crippen LogP contribution < -0.4 is 5.32 Å². The van der Waals surface area contributed by atoms with Crippen molar-refractivity contribution in [2.75, 3.05) is 0 Å². The van der Waals surface area contributed by atoms with Crippen LogP contribution in [0.15, 0.2) is 12.2 Å². The predicted molar refractivity (Wildman–Crippen MR) is 74.2 cm³/mol. The minimum Gasteiger partial charge on any atom is -0.391 e. The van der Waals surface area contributed by atoms with E-state index >= 15 is 0 Å². The smallest absolute Gasteiger partial charge is 0.246 e. The summed E-state index contributed by atoms with van der Waals surface area (Å²) in [5.41, 5.74) is 0.509. The van der Waals surface area contributed by atoms with Crippen molar-refractivity contribution in [3.05, 3.63) is 12.2 Å². The first-order valence-electron chi connectivity index (χ1n) is 7.06. The summed E-state index contributed by atoms with van der Waals surface area (Å²) < 4.78 is 0. The van der Waals surface area contributed by atoms with E-state index < -0.39 is 6.10 Å². The fraction of sp³-hybridized carbons (Fsp3) is 0.800. The maximum absolute atomic E-state index is 11.7. The van der Waals surface area contributed by atoms with Crippen LogP contribution in [0, 0.1) is 11.8 Å². The number of carbonyl (C=O) groups is 1. The molecule has 0 aromatic rings. The first-order valence-corrected chi connectivity index (χ1v) is 7.06. The third kappa shape index (κ3) is 4.45. The van der Waals surface area contributed by atoms with E-state index in [0.29, 0.717) is 11.5 Å². The maximum Gasteiger partial charge on any atom is 0.246 e. The van der Waals surface area contributed by atoms with Gasteiger partial charge in [0.1, 0.15) is 0 Å². The molecule has 1 aliphatic carbocycles. The van der Waals surface area contributed by atoms with Crippen LogP contribution in [0.25, 0.3) is 0 Å². The summed E-state index contributed by atoms with van der Waals surface area (Å²) in [6.45, 7) is 9.79. The lowest BCUT2D eigenvalue weighted by Crippen LogP contribution is -2.44. The molecule has 2 N–H and O–H groups in total. The van der Waals surface area contributed by atoms with Crippen molar-refractivity contribution in [3.63, 3.8) is 0 Å². The summed E-state index contributed by atoms with van der Waals surface area (Å²) in [7, 11) is 0. The first kappa shape index (κ1) is 15.2. The van der Waals surface area contributed by atoms with Gasteiger partial charge in [-0.3, -0.25) is 4.79 Å². The van der Waals surface area contributed by atoms with Crippen molar-refractivity contribution in [2.24, 2.45) is 11.8 Å². The SMILES string of the molecule is C=C(C)C(=O)NC1C(O)CCC1CCCC(C)C. The molecule has 1 amide bonds. The van der Waals surface area contributed by atoms with Crippen molar-refractivity contribution >= 4 is 5.91 Å². The summed E-state index contributed by atoms with van der Waals surface area (Å²) in [5.74, 6) is 1.01. The molecule has 1 fully saturated rings. The molecule has 0 aromatic carbocycles. The number of hydrogen-bond donors (Lipinski definition) is 2. The molecule has 3 unspecified atom stereocenters. The van der Waals surface area contributed by atoms with Gasteiger partial charge in [-0.15, -0.1) is 0 Å². The van der Waals surface area contributed by atoms with Crippen molar-refractivity contribution in [1.82, 2.24) is 5.32 Å². The minimum absolute atomic E-state index is 0.0821. The van der Waals surface area contributed by atoms with Crippen LogP contribution >= 0.6 is 0 Å². The van der Waals surface area contributed by atoms with Crippen LogP contribution in [0.4, 0.5) is 0 Å². The van der Waals surface area contributed by atoms with Crippen molar-refractivity contribution in [2.45, 2.75) is 65.0 Å². The molecule has 3 nitrogen and oxygen atoms in total. The van der Waals surface area contributed by atoms with E-state index in [-0.39, 0.29) is 11.9 Å². The molecule has 1 rings (SSSR count). The molecule has 1 saturated carbocycles. The van der Waals surface area contributed by atoms with Gasteiger partial charge in [0.2, 0.25) is 5.91 Å². The van der Waals surface area contributed by atoms with E-state index in [4.69, 9.17) is 0 Å². The molecular formula is C15H27NO2. The molecule has 0 spiro atoms. The number of rotatable bonds is 6. The predicted octanol–water partition coefficient (Wildman–Crippen LogP) is 2.64. The van der Waals surface area contributed by atoms with Gasteiger partial charge in [-0.2, -0.15) is 0 Å². The molecule has 1 aliphatic rings. The van der Waals surface area contributed by atoms with Gasteiger partial charge in [0, 0.05) is 5.57 Å². The summed E-state index contributed by atoms with van der Waals surface area (Å²) in [5, 5.41) is 12.9. The first-order chi connectivity index (χ1) is 8.41. The van der Waals surface area contributed by atoms with Crippen LogP contribution in [0.2, 0.25) is 0 Å². The summed E-state index contributed by atoms with van der Waals surface area (Å²) in [6, 6.07) is -0.0821. The van der Waals surface area contributed by atoms with Gasteiger partial charge in [0.15, 0.2) is 0 Å².